The zero-order valence-electron chi connectivity index (χ0n) is 6.90. The van der Waals surface area contributed by atoms with E-state index < -0.39 is 0 Å². The summed E-state index contributed by atoms with van der Waals surface area (Å²) in [5.41, 5.74) is -0.371. The largest absolute Gasteiger partial charge is 0.411 e. The SMILES string of the molecule is CC(C)(C=NO)n1ccnc1Br. The van der Waals surface area contributed by atoms with E-state index in [0.717, 1.165) is 0 Å². The van der Waals surface area contributed by atoms with Crippen LogP contribution in [0.15, 0.2) is 22.3 Å². The number of oxime groups is 1. The Labute approximate surface area is 79.0 Å². The molecule has 0 unspecified atom stereocenters. The van der Waals surface area contributed by atoms with Gasteiger partial charge in [0.2, 0.25) is 0 Å². The summed E-state index contributed by atoms with van der Waals surface area (Å²) in [6.07, 6.45) is 4.93. The molecule has 0 aliphatic heterocycles. The zero-order valence-corrected chi connectivity index (χ0v) is 8.48. The van der Waals surface area contributed by atoms with Crippen molar-refractivity contribution in [1.82, 2.24) is 9.55 Å². The van der Waals surface area contributed by atoms with Gasteiger partial charge in [0.05, 0.1) is 11.8 Å². The van der Waals surface area contributed by atoms with Crippen LogP contribution in [-0.2, 0) is 5.54 Å². The van der Waals surface area contributed by atoms with Crippen molar-refractivity contribution in [2.45, 2.75) is 19.4 Å². The standard InChI is InChI=1S/C7H10BrN3O/c1-7(2,5-10-12)11-4-3-9-6(11)8/h3-5,12H,1-2H3. The molecule has 1 rings (SSSR count). The van der Waals surface area contributed by atoms with Crippen molar-refractivity contribution >= 4 is 22.1 Å². The molecule has 4 nitrogen and oxygen atoms in total. The monoisotopic (exact) mass is 231 g/mol. The van der Waals surface area contributed by atoms with Gasteiger partial charge in [-0.05, 0) is 29.8 Å². The fraction of sp³-hybridized carbons (Fsp3) is 0.429. The molecule has 0 saturated heterocycles. The van der Waals surface area contributed by atoms with Crippen LogP contribution in [0, 0.1) is 0 Å². The highest BCUT2D eigenvalue weighted by Crippen LogP contribution is 2.18. The van der Waals surface area contributed by atoms with Gasteiger partial charge < -0.3 is 9.77 Å². The predicted octanol–water partition coefficient (Wildman–Crippen LogP) is 1.84. The lowest BCUT2D eigenvalue weighted by Gasteiger charge is -2.21. The molecule has 0 radical (unpaired) electrons. The molecule has 0 aliphatic rings. The summed E-state index contributed by atoms with van der Waals surface area (Å²) in [5, 5.41) is 11.4. The van der Waals surface area contributed by atoms with Crippen LogP contribution in [0.3, 0.4) is 0 Å². The third kappa shape index (κ3) is 1.66. The Morgan fingerprint density at radius 3 is 2.83 bits per heavy atom. The molecule has 1 heterocycles. The van der Waals surface area contributed by atoms with Gasteiger partial charge >= 0.3 is 0 Å². The highest BCUT2D eigenvalue weighted by Gasteiger charge is 2.19. The van der Waals surface area contributed by atoms with Crippen molar-refractivity contribution in [3.8, 4) is 0 Å². The summed E-state index contributed by atoms with van der Waals surface area (Å²) >= 11 is 3.28. The Bertz CT molecular complexity index is 293. The highest BCUT2D eigenvalue weighted by atomic mass is 79.9. The lowest BCUT2D eigenvalue weighted by atomic mass is 10.1. The normalized spacial score (nSPS) is 12.6. The maximum absolute atomic E-state index is 8.41. The molecule has 1 aromatic heterocycles. The second-order valence-electron chi connectivity index (χ2n) is 2.96. The minimum Gasteiger partial charge on any atom is -0.411 e. The summed E-state index contributed by atoms with van der Waals surface area (Å²) in [6.45, 7) is 3.83. The van der Waals surface area contributed by atoms with Crippen LogP contribution >= 0.6 is 15.9 Å². The van der Waals surface area contributed by atoms with Crippen molar-refractivity contribution in [1.29, 1.82) is 0 Å². The average Bonchev–Trinajstić information content (AvgIpc) is 2.35. The quantitative estimate of drug-likeness (QED) is 0.480. The first-order chi connectivity index (χ1) is 5.58. The molecule has 0 amide bonds. The fourth-order valence-electron chi connectivity index (χ4n) is 0.919. The highest BCUT2D eigenvalue weighted by molar-refractivity contribution is 9.10. The third-order valence-electron chi connectivity index (χ3n) is 1.59. The molecule has 0 atom stereocenters. The second-order valence-corrected chi connectivity index (χ2v) is 3.67. The van der Waals surface area contributed by atoms with E-state index in [1.807, 2.05) is 24.6 Å². The van der Waals surface area contributed by atoms with Gasteiger partial charge in [0, 0.05) is 12.4 Å². The van der Waals surface area contributed by atoms with Crippen LogP contribution in [0.25, 0.3) is 0 Å². The van der Waals surface area contributed by atoms with Crippen molar-refractivity contribution in [3.05, 3.63) is 17.1 Å². The minimum absolute atomic E-state index is 0.371. The Kier molecular flexibility index (Phi) is 2.52. The summed E-state index contributed by atoms with van der Waals surface area (Å²) in [6, 6.07) is 0. The summed E-state index contributed by atoms with van der Waals surface area (Å²) in [5.74, 6) is 0. The van der Waals surface area contributed by atoms with Crippen molar-refractivity contribution < 1.29 is 5.21 Å². The Morgan fingerprint density at radius 1 is 1.75 bits per heavy atom. The number of rotatable bonds is 2. The van der Waals surface area contributed by atoms with Gasteiger partial charge in [-0.25, -0.2) is 4.98 Å². The minimum atomic E-state index is -0.371. The molecule has 0 bridgehead atoms. The van der Waals surface area contributed by atoms with Gasteiger partial charge in [-0.2, -0.15) is 0 Å². The van der Waals surface area contributed by atoms with Gasteiger partial charge in [-0.1, -0.05) is 5.16 Å². The first-order valence-corrected chi connectivity index (χ1v) is 4.25. The molecule has 0 aliphatic carbocycles. The van der Waals surface area contributed by atoms with E-state index in [1.54, 1.807) is 6.20 Å². The van der Waals surface area contributed by atoms with Crippen LogP contribution < -0.4 is 0 Å². The van der Waals surface area contributed by atoms with E-state index in [9.17, 15) is 0 Å². The van der Waals surface area contributed by atoms with E-state index in [1.165, 1.54) is 6.21 Å². The lowest BCUT2D eigenvalue weighted by molar-refractivity contribution is 0.313. The molecular formula is C7H10BrN3O. The van der Waals surface area contributed by atoms with Crippen LogP contribution in [0.4, 0.5) is 0 Å². The van der Waals surface area contributed by atoms with Crippen LogP contribution in [0.1, 0.15) is 13.8 Å². The topological polar surface area (TPSA) is 50.4 Å². The van der Waals surface area contributed by atoms with Crippen LogP contribution in [-0.4, -0.2) is 21.0 Å². The van der Waals surface area contributed by atoms with Gasteiger partial charge in [0.25, 0.3) is 0 Å². The maximum Gasteiger partial charge on any atom is 0.177 e. The van der Waals surface area contributed by atoms with Crippen molar-refractivity contribution in [2.75, 3.05) is 0 Å². The Hall–Kier alpha value is -0.840. The van der Waals surface area contributed by atoms with E-state index in [2.05, 4.69) is 26.1 Å². The maximum atomic E-state index is 8.41. The van der Waals surface area contributed by atoms with Gasteiger partial charge in [-0.15, -0.1) is 0 Å². The number of imidazole rings is 1. The van der Waals surface area contributed by atoms with Gasteiger partial charge in [-0.3, -0.25) is 0 Å². The molecular weight excluding hydrogens is 222 g/mol. The molecule has 0 saturated carbocycles. The summed E-state index contributed by atoms with van der Waals surface area (Å²) < 4.78 is 2.57. The van der Waals surface area contributed by atoms with Crippen LogP contribution in [0.2, 0.25) is 0 Å². The van der Waals surface area contributed by atoms with Crippen molar-refractivity contribution in [3.63, 3.8) is 0 Å². The third-order valence-corrected chi connectivity index (χ3v) is 2.18. The smallest absolute Gasteiger partial charge is 0.177 e. The second kappa shape index (κ2) is 3.26. The number of aromatic nitrogens is 2. The van der Waals surface area contributed by atoms with E-state index >= 15 is 0 Å². The van der Waals surface area contributed by atoms with Crippen LogP contribution in [0.5, 0.6) is 0 Å². The fourth-order valence-corrected chi connectivity index (χ4v) is 1.61. The zero-order chi connectivity index (χ0) is 9.19. The Morgan fingerprint density at radius 2 is 2.42 bits per heavy atom. The molecule has 0 spiro atoms. The summed E-state index contributed by atoms with van der Waals surface area (Å²) in [4.78, 5) is 4.00. The molecule has 0 fully saturated rings. The molecule has 66 valence electrons. The van der Waals surface area contributed by atoms with Crippen molar-refractivity contribution in [2.24, 2.45) is 5.16 Å². The first kappa shape index (κ1) is 9.25. The summed E-state index contributed by atoms with van der Waals surface area (Å²) in [7, 11) is 0. The van der Waals surface area contributed by atoms with E-state index in [-0.39, 0.29) is 5.54 Å². The molecule has 0 aromatic carbocycles. The lowest BCUT2D eigenvalue weighted by Crippen LogP contribution is -2.27. The molecule has 5 heteroatoms. The van der Waals surface area contributed by atoms with Gasteiger partial charge in [0.15, 0.2) is 4.73 Å². The number of hydrogen-bond acceptors (Lipinski definition) is 3. The molecule has 12 heavy (non-hydrogen) atoms. The Balaban J connectivity index is 3.04. The number of nitrogens with zero attached hydrogens (tertiary/aromatic N) is 3. The number of halogens is 1. The number of hydrogen-bond donors (Lipinski definition) is 1. The molecule has 1 N–H and O–H groups in total. The van der Waals surface area contributed by atoms with E-state index in [0.29, 0.717) is 4.73 Å². The average molecular weight is 232 g/mol. The molecule has 1 aromatic rings. The first-order valence-electron chi connectivity index (χ1n) is 3.46. The van der Waals surface area contributed by atoms with Gasteiger partial charge in [0.1, 0.15) is 0 Å². The predicted molar refractivity (Wildman–Crippen MR) is 49.5 cm³/mol. The van der Waals surface area contributed by atoms with E-state index in [4.69, 9.17) is 5.21 Å².